The number of nitrogens with zero attached hydrogens (tertiary/aromatic N) is 1. The Morgan fingerprint density at radius 3 is 2.78 bits per heavy atom. The fourth-order valence-corrected chi connectivity index (χ4v) is 4.66. The van der Waals surface area contributed by atoms with E-state index in [-0.39, 0.29) is 18.2 Å². The van der Waals surface area contributed by atoms with Gasteiger partial charge in [0, 0.05) is 37.4 Å². The van der Waals surface area contributed by atoms with Crippen LogP contribution >= 0.6 is 0 Å². The highest BCUT2D eigenvalue weighted by molar-refractivity contribution is 5.95. The number of aliphatic hydroxyl groups excluding tert-OH is 1. The minimum Gasteiger partial charge on any atom is -0.390 e. The summed E-state index contributed by atoms with van der Waals surface area (Å²) >= 11 is 0. The van der Waals surface area contributed by atoms with Gasteiger partial charge in [-0.25, -0.2) is 4.39 Å². The summed E-state index contributed by atoms with van der Waals surface area (Å²) in [5, 5.41) is 17.1. The molecular weight excluding hydrogens is 457 g/mol. The van der Waals surface area contributed by atoms with Crippen LogP contribution in [0.2, 0.25) is 0 Å². The lowest BCUT2D eigenvalue weighted by atomic mass is 10.00. The lowest BCUT2D eigenvalue weighted by Crippen LogP contribution is -2.48. The second-order valence-electron chi connectivity index (χ2n) is 9.71. The number of nitrogens with one attached hydrogen (secondary N) is 2. The Bertz CT molecular complexity index is 1060. The summed E-state index contributed by atoms with van der Waals surface area (Å²) in [7, 11) is 1.66. The number of hydrogen-bond acceptors (Lipinski definition) is 5. The second-order valence-corrected chi connectivity index (χ2v) is 9.71. The number of aliphatic hydroxyl groups is 1. The number of benzene rings is 2. The minimum atomic E-state index is -0.838. The molecule has 2 aromatic carbocycles. The van der Waals surface area contributed by atoms with Crippen molar-refractivity contribution in [2.75, 3.05) is 38.3 Å². The molecular formula is C29H36FN3O3. The fourth-order valence-electron chi connectivity index (χ4n) is 4.66. The summed E-state index contributed by atoms with van der Waals surface area (Å²) < 4.78 is 19.9. The highest BCUT2D eigenvalue weighted by atomic mass is 19.1. The van der Waals surface area contributed by atoms with Crippen molar-refractivity contribution < 1.29 is 19.0 Å². The first-order chi connectivity index (χ1) is 17.5. The van der Waals surface area contributed by atoms with Gasteiger partial charge in [0.15, 0.2) is 0 Å². The molecule has 2 aliphatic rings. The van der Waals surface area contributed by atoms with E-state index in [1.807, 2.05) is 30.3 Å². The van der Waals surface area contributed by atoms with Crippen LogP contribution in [-0.2, 0) is 11.2 Å². The summed E-state index contributed by atoms with van der Waals surface area (Å²) in [6.45, 7) is 2.13. The number of carbonyl (C=O) groups excluding carboxylic acids is 1. The van der Waals surface area contributed by atoms with Gasteiger partial charge in [-0.3, -0.25) is 4.79 Å². The maximum absolute atomic E-state index is 14.6. The fraction of sp³-hybridized carbons (Fsp3) is 0.483. The molecule has 0 bridgehead atoms. The van der Waals surface area contributed by atoms with Crippen molar-refractivity contribution >= 4 is 11.6 Å². The lowest BCUT2D eigenvalue weighted by molar-refractivity contribution is 0.0832. The molecule has 1 aliphatic carbocycles. The lowest BCUT2D eigenvalue weighted by Gasteiger charge is -2.27. The molecule has 192 valence electrons. The predicted octanol–water partition coefficient (Wildman–Crippen LogP) is 3.15. The maximum atomic E-state index is 14.6. The number of ether oxygens (including phenoxy) is 1. The quantitative estimate of drug-likeness (QED) is 0.331. The van der Waals surface area contributed by atoms with Gasteiger partial charge in [-0.1, -0.05) is 42.2 Å². The SMILES string of the molecule is COC[C@H]1CCCN1c1cc(F)cc(C(=O)N[C@@H](Cc2ccccc2)[C@H](O)CNCC#CC2CC2)c1. The molecule has 1 heterocycles. The van der Waals surface area contributed by atoms with Gasteiger partial charge in [0.1, 0.15) is 5.82 Å². The number of carbonyl (C=O) groups is 1. The normalized spacial score (nSPS) is 18.9. The Morgan fingerprint density at radius 2 is 2.03 bits per heavy atom. The molecule has 3 N–H and O–H groups in total. The van der Waals surface area contributed by atoms with Gasteiger partial charge in [-0.2, -0.15) is 0 Å². The van der Waals surface area contributed by atoms with Crippen LogP contribution in [-0.4, -0.2) is 62.6 Å². The zero-order valence-electron chi connectivity index (χ0n) is 20.9. The number of rotatable bonds is 11. The second kappa shape index (κ2) is 12.9. The number of anilines is 1. The number of amides is 1. The van der Waals surface area contributed by atoms with Crippen molar-refractivity contribution in [3.63, 3.8) is 0 Å². The molecule has 2 aromatic rings. The third-order valence-corrected chi connectivity index (χ3v) is 6.74. The van der Waals surface area contributed by atoms with E-state index in [2.05, 4.69) is 27.4 Å². The molecule has 0 unspecified atom stereocenters. The Labute approximate surface area is 213 Å². The summed E-state index contributed by atoms with van der Waals surface area (Å²) in [5.41, 5.74) is 1.91. The third-order valence-electron chi connectivity index (χ3n) is 6.74. The van der Waals surface area contributed by atoms with Crippen LogP contribution in [0.3, 0.4) is 0 Å². The van der Waals surface area contributed by atoms with Crippen LogP contribution in [0.15, 0.2) is 48.5 Å². The van der Waals surface area contributed by atoms with Crippen LogP contribution in [0.1, 0.15) is 41.6 Å². The predicted molar refractivity (Wildman–Crippen MR) is 139 cm³/mol. The molecule has 2 fully saturated rings. The van der Waals surface area contributed by atoms with E-state index in [1.165, 1.54) is 25.0 Å². The molecule has 4 rings (SSSR count). The van der Waals surface area contributed by atoms with Crippen molar-refractivity contribution in [3.8, 4) is 11.8 Å². The summed E-state index contributed by atoms with van der Waals surface area (Å²) in [6, 6.07) is 13.8. The van der Waals surface area contributed by atoms with Crippen molar-refractivity contribution in [1.29, 1.82) is 0 Å². The summed E-state index contributed by atoms with van der Waals surface area (Å²) in [4.78, 5) is 15.4. The highest BCUT2D eigenvalue weighted by Crippen LogP contribution is 2.28. The van der Waals surface area contributed by atoms with Crippen LogP contribution in [0.4, 0.5) is 10.1 Å². The Morgan fingerprint density at radius 1 is 1.22 bits per heavy atom. The standard InChI is InChI=1S/C29H36FN3O3/c1-36-20-25-10-6-14-33(25)26-17-23(16-24(30)18-26)29(35)32-27(15-22-7-3-2-4-8-22)28(34)19-31-13-5-9-21-11-12-21/h2-4,7-8,16-18,21,25,27-28,31,34H,6,10-15,19-20H2,1H3,(H,32,35)/t25-,27+,28-/m1/s1. The molecule has 0 aromatic heterocycles. The van der Waals surface area contributed by atoms with Gasteiger partial charge in [0.2, 0.25) is 0 Å². The molecule has 7 heteroatoms. The largest absolute Gasteiger partial charge is 0.390 e. The maximum Gasteiger partial charge on any atom is 0.251 e. The molecule has 3 atom stereocenters. The Hall–Kier alpha value is -2.92. The molecule has 0 radical (unpaired) electrons. The molecule has 1 saturated heterocycles. The first kappa shape index (κ1) is 26.2. The first-order valence-electron chi connectivity index (χ1n) is 12.8. The van der Waals surface area contributed by atoms with E-state index in [0.29, 0.717) is 31.2 Å². The topological polar surface area (TPSA) is 73.8 Å². The molecule has 6 nitrogen and oxygen atoms in total. The number of halogens is 1. The smallest absolute Gasteiger partial charge is 0.251 e. The number of hydrogen-bond donors (Lipinski definition) is 3. The van der Waals surface area contributed by atoms with Crippen molar-refractivity contribution in [2.45, 2.75) is 50.3 Å². The van der Waals surface area contributed by atoms with Gasteiger partial charge >= 0.3 is 0 Å². The van der Waals surface area contributed by atoms with Gasteiger partial charge in [-0.15, -0.1) is 0 Å². The zero-order chi connectivity index (χ0) is 25.3. The van der Waals surface area contributed by atoms with E-state index in [4.69, 9.17) is 4.74 Å². The summed E-state index contributed by atoms with van der Waals surface area (Å²) in [6.07, 6.45) is 3.92. The van der Waals surface area contributed by atoms with Crippen molar-refractivity contribution in [1.82, 2.24) is 10.6 Å². The van der Waals surface area contributed by atoms with Crippen LogP contribution < -0.4 is 15.5 Å². The molecule has 0 spiro atoms. The van der Waals surface area contributed by atoms with Crippen LogP contribution in [0.25, 0.3) is 0 Å². The first-order valence-corrected chi connectivity index (χ1v) is 12.8. The molecule has 1 aliphatic heterocycles. The average Bonchev–Trinajstić information content (AvgIpc) is 3.59. The van der Waals surface area contributed by atoms with Crippen LogP contribution in [0.5, 0.6) is 0 Å². The molecule has 1 amide bonds. The third kappa shape index (κ3) is 7.54. The van der Waals surface area contributed by atoms with E-state index >= 15 is 0 Å². The van der Waals surface area contributed by atoms with Gasteiger partial charge < -0.3 is 25.4 Å². The van der Waals surface area contributed by atoms with E-state index < -0.39 is 23.9 Å². The van der Waals surface area contributed by atoms with Gasteiger partial charge in [0.05, 0.1) is 31.3 Å². The van der Waals surface area contributed by atoms with Crippen molar-refractivity contribution in [3.05, 3.63) is 65.5 Å². The van der Waals surface area contributed by atoms with E-state index in [9.17, 15) is 14.3 Å². The van der Waals surface area contributed by atoms with Crippen molar-refractivity contribution in [2.24, 2.45) is 5.92 Å². The van der Waals surface area contributed by atoms with Gasteiger partial charge in [0.25, 0.3) is 5.91 Å². The molecule has 36 heavy (non-hydrogen) atoms. The average molecular weight is 494 g/mol. The zero-order valence-corrected chi connectivity index (χ0v) is 20.9. The number of methoxy groups -OCH3 is 1. The minimum absolute atomic E-state index is 0.162. The Balaban J connectivity index is 1.45. The monoisotopic (exact) mass is 493 g/mol. The Kier molecular flexibility index (Phi) is 9.35. The highest BCUT2D eigenvalue weighted by Gasteiger charge is 2.27. The van der Waals surface area contributed by atoms with E-state index in [1.54, 1.807) is 13.2 Å². The summed E-state index contributed by atoms with van der Waals surface area (Å²) in [5.74, 6) is 5.94. The van der Waals surface area contributed by atoms with Crippen LogP contribution in [0, 0.1) is 23.6 Å². The van der Waals surface area contributed by atoms with Gasteiger partial charge in [-0.05, 0) is 55.9 Å². The molecule has 1 saturated carbocycles. The van der Waals surface area contributed by atoms with E-state index in [0.717, 1.165) is 24.9 Å².